The van der Waals surface area contributed by atoms with Crippen LogP contribution < -0.4 is 4.74 Å². The van der Waals surface area contributed by atoms with E-state index in [1.54, 1.807) is 0 Å². The number of hydrogen-bond donors (Lipinski definition) is 0. The number of non-ortho nitro benzene ring substituents is 1. The number of methoxy groups -OCH3 is 1. The summed E-state index contributed by atoms with van der Waals surface area (Å²) in [5.74, 6) is 0.878. The summed E-state index contributed by atoms with van der Waals surface area (Å²) < 4.78 is 10.3. The van der Waals surface area contributed by atoms with Gasteiger partial charge in [0.25, 0.3) is 5.69 Å². The van der Waals surface area contributed by atoms with E-state index in [2.05, 4.69) is 4.98 Å². The molecule has 1 aromatic heterocycles. The van der Waals surface area contributed by atoms with Gasteiger partial charge in [0.15, 0.2) is 0 Å². The van der Waals surface area contributed by atoms with Crippen molar-refractivity contribution >= 4 is 17.3 Å². The Balaban J connectivity index is 2.47. The second-order valence-electron chi connectivity index (χ2n) is 3.42. The third-order valence-corrected chi connectivity index (χ3v) is 2.59. The lowest BCUT2D eigenvalue weighted by Gasteiger charge is -2.04. The molecule has 0 N–H and O–H groups in total. The van der Waals surface area contributed by atoms with Gasteiger partial charge in [-0.3, -0.25) is 10.1 Å². The molecule has 0 saturated carbocycles. The summed E-state index contributed by atoms with van der Waals surface area (Å²) in [6.07, 6.45) is 1.43. The molecule has 1 heterocycles. The molecule has 0 amide bonds. The van der Waals surface area contributed by atoms with Crippen molar-refractivity contribution in [3.63, 3.8) is 0 Å². The molecule has 1 aromatic carbocycles. The molecule has 7 heteroatoms. The molecule has 0 saturated heterocycles. The van der Waals surface area contributed by atoms with Gasteiger partial charge in [-0.1, -0.05) is 0 Å². The molecular weight excluding hydrogens is 260 g/mol. The zero-order valence-electron chi connectivity index (χ0n) is 9.42. The van der Waals surface area contributed by atoms with Crippen LogP contribution in [-0.2, 0) is 5.88 Å². The summed E-state index contributed by atoms with van der Waals surface area (Å²) in [5, 5.41) is 10.7. The predicted octanol–water partition coefficient (Wildman–Crippen LogP) is 3.00. The molecule has 0 bridgehead atoms. The fraction of sp³-hybridized carbons (Fsp3) is 0.182. The Morgan fingerprint density at radius 3 is 2.89 bits per heavy atom. The molecule has 0 unspecified atom stereocenters. The van der Waals surface area contributed by atoms with Crippen molar-refractivity contribution in [2.75, 3.05) is 7.11 Å². The standard InChI is InChI=1S/C11H9ClN2O4/c1-17-10-4-8(14(15)16)2-3-9(10)11-13-7(5-12)6-18-11/h2-4,6H,5H2,1H3. The van der Waals surface area contributed by atoms with Crippen LogP contribution in [0.15, 0.2) is 28.9 Å². The van der Waals surface area contributed by atoms with Crippen molar-refractivity contribution < 1.29 is 14.1 Å². The first kappa shape index (κ1) is 12.4. The Labute approximate surface area is 107 Å². The van der Waals surface area contributed by atoms with Gasteiger partial charge in [0.05, 0.1) is 35.2 Å². The maximum atomic E-state index is 10.7. The zero-order valence-corrected chi connectivity index (χ0v) is 10.2. The number of nitrogens with zero attached hydrogens (tertiary/aromatic N) is 2. The summed E-state index contributed by atoms with van der Waals surface area (Å²) in [4.78, 5) is 14.3. The maximum absolute atomic E-state index is 10.7. The molecular formula is C11H9ClN2O4. The minimum Gasteiger partial charge on any atom is -0.496 e. The van der Waals surface area contributed by atoms with E-state index in [-0.39, 0.29) is 11.6 Å². The highest BCUT2D eigenvalue weighted by Crippen LogP contribution is 2.32. The molecule has 0 radical (unpaired) electrons. The van der Waals surface area contributed by atoms with E-state index in [0.717, 1.165) is 0 Å². The van der Waals surface area contributed by atoms with E-state index in [1.165, 1.54) is 31.6 Å². The van der Waals surface area contributed by atoms with E-state index in [9.17, 15) is 10.1 Å². The Morgan fingerprint density at radius 2 is 2.33 bits per heavy atom. The normalized spacial score (nSPS) is 10.3. The van der Waals surface area contributed by atoms with Gasteiger partial charge in [0.2, 0.25) is 5.89 Å². The highest BCUT2D eigenvalue weighted by atomic mass is 35.5. The third-order valence-electron chi connectivity index (χ3n) is 2.31. The summed E-state index contributed by atoms with van der Waals surface area (Å²) in [6, 6.07) is 4.21. The summed E-state index contributed by atoms with van der Waals surface area (Å²) in [6.45, 7) is 0. The van der Waals surface area contributed by atoms with Crippen LogP contribution in [0.4, 0.5) is 5.69 Å². The number of benzene rings is 1. The highest BCUT2D eigenvalue weighted by molar-refractivity contribution is 6.16. The first-order chi connectivity index (χ1) is 8.65. The Morgan fingerprint density at radius 1 is 1.56 bits per heavy atom. The molecule has 0 spiro atoms. The second-order valence-corrected chi connectivity index (χ2v) is 3.69. The largest absolute Gasteiger partial charge is 0.496 e. The molecule has 0 aliphatic heterocycles. The molecule has 0 aliphatic carbocycles. The number of aromatic nitrogens is 1. The topological polar surface area (TPSA) is 78.4 Å². The van der Waals surface area contributed by atoms with Crippen molar-refractivity contribution in [3.05, 3.63) is 40.3 Å². The van der Waals surface area contributed by atoms with Gasteiger partial charge in [-0.25, -0.2) is 4.98 Å². The lowest BCUT2D eigenvalue weighted by Crippen LogP contribution is -1.92. The first-order valence-electron chi connectivity index (χ1n) is 4.99. The average molecular weight is 269 g/mol. The Bertz CT molecular complexity index is 582. The van der Waals surface area contributed by atoms with Crippen LogP contribution in [0.2, 0.25) is 0 Å². The summed E-state index contributed by atoms with van der Waals surface area (Å²) in [7, 11) is 1.42. The van der Waals surface area contributed by atoms with Gasteiger partial charge in [-0.05, 0) is 6.07 Å². The van der Waals surface area contributed by atoms with Gasteiger partial charge in [-0.2, -0.15) is 0 Å². The van der Waals surface area contributed by atoms with Crippen molar-refractivity contribution in [1.29, 1.82) is 0 Å². The van der Waals surface area contributed by atoms with Crippen LogP contribution in [0, 0.1) is 10.1 Å². The Kier molecular flexibility index (Phi) is 3.47. The molecule has 0 fully saturated rings. The van der Waals surface area contributed by atoms with Gasteiger partial charge in [0.1, 0.15) is 12.0 Å². The molecule has 0 aliphatic rings. The predicted molar refractivity (Wildman–Crippen MR) is 64.7 cm³/mol. The van der Waals surface area contributed by atoms with Crippen LogP contribution in [0.3, 0.4) is 0 Å². The number of ether oxygens (including phenoxy) is 1. The number of hydrogen-bond acceptors (Lipinski definition) is 5. The van der Waals surface area contributed by atoms with Crippen LogP contribution in [0.25, 0.3) is 11.5 Å². The number of oxazole rings is 1. The SMILES string of the molecule is COc1cc([N+](=O)[O-])ccc1-c1nc(CCl)co1. The smallest absolute Gasteiger partial charge is 0.273 e. The minimum atomic E-state index is -0.494. The number of alkyl halides is 1. The van der Waals surface area contributed by atoms with E-state index in [0.29, 0.717) is 22.9 Å². The van der Waals surface area contributed by atoms with Crippen LogP contribution in [0.1, 0.15) is 5.69 Å². The summed E-state index contributed by atoms with van der Waals surface area (Å²) >= 11 is 5.63. The first-order valence-corrected chi connectivity index (χ1v) is 5.52. The van der Waals surface area contributed by atoms with E-state index < -0.39 is 4.92 Å². The number of rotatable bonds is 4. The van der Waals surface area contributed by atoms with Gasteiger partial charge < -0.3 is 9.15 Å². The van der Waals surface area contributed by atoms with Gasteiger partial charge in [0, 0.05) is 6.07 Å². The van der Waals surface area contributed by atoms with Crippen molar-refractivity contribution in [3.8, 4) is 17.2 Å². The van der Waals surface area contributed by atoms with Crippen LogP contribution >= 0.6 is 11.6 Å². The van der Waals surface area contributed by atoms with E-state index in [4.69, 9.17) is 20.8 Å². The molecule has 18 heavy (non-hydrogen) atoms. The molecule has 94 valence electrons. The fourth-order valence-corrected chi connectivity index (χ4v) is 1.58. The third kappa shape index (κ3) is 2.28. The average Bonchev–Trinajstić information content (AvgIpc) is 2.86. The molecule has 2 aromatic rings. The lowest BCUT2D eigenvalue weighted by atomic mass is 10.2. The fourth-order valence-electron chi connectivity index (χ4n) is 1.46. The van der Waals surface area contributed by atoms with Crippen molar-refractivity contribution in [1.82, 2.24) is 4.98 Å². The van der Waals surface area contributed by atoms with Crippen molar-refractivity contribution in [2.45, 2.75) is 5.88 Å². The number of nitro benzene ring substituents is 1. The van der Waals surface area contributed by atoms with Crippen LogP contribution in [0.5, 0.6) is 5.75 Å². The van der Waals surface area contributed by atoms with Gasteiger partial charge in [-0.15, -0.1) is 11.6 Å². The molecule has 6 nitrogen and oxygen atoms in total. The van der Waals surface area contributed by atoms with E-state index >= 15 is 0 Å². The zero-order chi connectivity index (χ0) is 13.1. The maximum Gasteiger partial charge on any atom is 0.273 e. The minimum absolute atomic E-state index is 0.0558. The number of halogens is 1. The quantitative estimate of drug-likeness (QED) is 0.484. The highest BCUT2D eigenvalue weighted by Gasteiger charge is 2.16. The van der Waals surface area contributed by atoms with E-state index in [1.807, 2.05) is 0 Å². The summed E-state index contributed by atoms with van der Waals surface area (Å²) in [5.41, 5.74) is 1.08. The monoisotopic (exact) mass is 268 g/mol. The second kappa shape index (κ2) is 5.05. The number of nitro groups is 1. The lowest BCUT2D eigenvalue weighted by molar-refractivity contribution is -0.384. The van der Waals surface area contributed by atoms with Crippen LogP contribution in [-0.4, -0.2) is 17.0 Å². The molecule has 2 rings (SSSR count). The van der Waals surface area contributed by atoms with Crippen molar-refractivity contribution in [2.24, 2.45) is 0 Å². The molecule has 0 atom stereocenters. The Hall–Kier alpha value is -2.08. The van der Waals surface area contributed by atoms with Gasteiger partial charge >= 0.3 is 0 Å².